The van der Waals surface area contributed by atoms with E-state index in [9.17, 15) is 0 Å². The predicted octanol–water partition coefficient (Wildman–Crippen LogP) is 5.10. The predicted molar refractivity (Wildman–Crippen MR) is 96.4 cm³/mol. The number of hydrogen-bond donors (Lipinski definition) is 2. The van der Waals surface area contributed by atoms with Gasteiger partial charge in [-0.2, -0.15) is 0 Å². The second kappa shape index (κ2) is 7.99. The third kappa shape index (κ3) is 5.80. The fraction of sp³-hybridized carbons (Fsp3) is 0.562. The van der Waals surface area contributed by atoms with Gasteiger partial charge in [0.2, 0.25) is 0 Å². The number of nitrogens with one attached hydrogen (secondary N) is 1. The highest BCUT2D eigenvalue weighted by molar-refractivity contribution is 9.10. The van der Waals surface area contributed by atoms with Crippen molar-refractivity contribution in [1.82, 2.24) is 0 Å². The van der Waals surface area contributed by atoms with Crippen LogP contribution >= 0.6 is 28.1 Å². The Morgan fingerprint density at radius 1 is 1.35 bits per heavy atom. The third-order valence-electron chi connectivity index (χ3n) is 3.46. The Hall–Kier alpha value is -0.610. The first-order valence-corrected chi connectivity index (χ1v) is 8.39. The van der Waals surface area contributed by atoms with Crippen LogP contribution in [0.25, 0.3) is 0 Å². The molecule has 112 valence electrons. The first kappa shape index (κ1) is 17.4. The van der Waals surface area contributed by atoms with Gasteiger partial charge >= 0.3 is 0 Å². The van der Waals surface area contributed by atoms with E-state index in [1.54, 1.807) is 0 Å². The lowest BCUT2D eigenvalue weighted by molar-refractivity contribution is 0.342. The topological polar surface area (TPSA) is 38.0 Å². The van der Waals surface area contributed by atoms with Gasteiger partial charge < -0.3 is 11.1 Å². The van der Waals surface area contributed by atoms with E-state index in [0.29, 0.717) is 10.4 Å². The number of thiocarbonyl (C=S) groups is 1. The van der Waals surface area contributed by atoms with Crippen molar-refractivity contribution >= 4 is 38.8 Å². The van der Waals surface area contributed by atoms with Gasteiger partial charge in [0.05, 0.1) is 0 Å². The molecule has 20 heavy (non-hydrogen) atoms. The molecule has 0 aromatic heterocycles. The number of rotatable bonds is 8. The van der Waals surface area contributed by atoms with Crippen LogP contribution in [0.5, 0.6) is 0 Å². The molecule has 0 saturated heterocycles. The van der Waals surface area contributed by atoms with Crippen LogP contribution in [0.2, 0.25) is 0 Å². The van der Waals surface area contributed by atoms with Crippen LogP contribution in [-0.2, 0) is 0 Å². The number of hydrogen-bond acceptors (Lipinski definition) is 2. The van der Waals surface area contributed by atoms with Gasteiger partial charge in [-0.15, -0.1) is 0 Å². The van der Waals surface area contributed by atoms with Crippen molar-refractivity contribution in [2.75, 3.05) is 11.9 Å². The normalized spacial score (nSPS) is 11.4. The quantitative estimate of drug-likeness (QED) is 0.502. The molecule has 0 radical (unpaired) electrons. The van der Waals surface area contributed by atoms with E-state index in [1.165, 1.54) is 25.7 Å². The van der Waals surface area contributed by atoms with Gasteiger partial charge in [0.25, 0.3) is 0 Å². The zero-order chi connectivity index (χ0) is 15.2. The van der Waals surface area contributed by atoms with Gasteiger partial charge in [0, 0.05) is 22.3 Å². The molecule has 0 heterocycles. The van der Waals surface area contributed by atoms with Crippen LogP contribution < -0.4 is 11.1 Å². The van der Waals surface area contributed by atoms with Gasteiger partial charge in [0.1, 0.15) is 4.99 Å². The Morgan fingerprint density at radius 3 is 2.60 bits per heavy atom. The molecule has 0 atom stereocenters. The summed E-state index contributed by atoms with van der Waals surface area (Å²) in [6.45, 7) is 7.84. The van der Waals surface area contributed by atoms with Crippen molar-refractivity contribution in [1.29, 1.82) is 0 Å². The number of anilines is 1. The molecular formula is C16H25BrN2S. The van der Waals surface area contributed by atoms with Crippen molar-refractivity contribution < 1.29 is 0 Å². The van der Waals surface area contributed by atoms with Gasteiger partial charge in [-0.3, -0.25) is 0 Å². The van der Waals surface area contributed by atoms with Gasteiger partial charge in [-0.05, 0) is 46.0 Å². The summed E-state index contributed by atoms with van der Waals surface area (Å²) in [6, 6.07) is 6.02. The number of benzene rings is 1. The minimum absolute atomic E-state index is 0.309. The Balaban J connectivity index is 2.57. The molecule has 2 nitrogen and oxygen atoms in total. The first-order valence-electron chi connectivity index (χ1n) is 7.19. The molecule has 0 fully saturated rings. The van der Waals surface area contributed by atoms with E-state index >= 15 is 0 Å². The number of halogens is 1. The summed E-state index contributed by atoms with van der Waals surface area (Å²) in [6.07, 6.45) is 5.14. The summed E-state index contributed by atoms with van der Waals surface area (Å²) < 4.78 is 0.943. The molecule has 1 aromatic carbocycles. The average Bonchev–Trinajstić information content (AvgIpc) is 2.36. The fourth-order valence-corrected chi connectivity index (χ4v) is 3.01. The summed E-state index contributed by atoms with van der Waals surface area (Å²) in [5.41, 5.74) is 7.95. The van der Waals surface area contributed by atoms with Crippen molar-refractivity contribution in [3.8, 4) is 0 Å². The van der Waals surface area contributed by atoms with E-state index in [4.69, 9.17) is 18.0 Å². The molecule has 0 aliphatic heterocycles. The molecule has 0 unspecified atom stereocenters. The molecule has 0 bridgehead atoms. The average molecular weight is 357 g/mol. The minimum atomic E-state index is 0.309. The number of unbranched alkanes of at least 4 members (excludes halogenated alkanes) is 2. The Kier molecular flexibility index (Phi) is 6.96. The monoisotopic (exact) mass is 356 g/mol. The Morgan fingerprint density at radius 2 is 2.05 bits per heavy atom. The van der Waals surface area contributed by atoms with Gasteiger partial charge in [0.15, 0.2) is 0 Å². The lowest BCUT2D eigenvalue weighted by Gasteiger charge is -2.25. The SMILES string of the molecule is CCCCCC(C)(C)CNc1ccc(C(N)=S)c(Br)c1. The maximum absolute atomic E-state index is 5.66. The van der Waals surface area contributed by atoms with Crippen LogP contribution in [-0.4, -0.2) is 11.5 Å². The number of nitrogens with two attached hydrogens (primary N) is 1. The molecule has 0 saturated carbocycles. The van der Waals surface area contributed by atoms with Crippen LogP contribution in [0, 0.1) is 5.41 Å². The highest BCUT2D eigenvalue weighted by Crippen LogP contribution is 2.26. The van der Waals surface area contributed by atoms with Gasteiger partial charge in [-0.25, -0.2) is 0 Å². The van der Waals surface area contributed by atoms with E-state index in [-0.39, 0.29) is 0 Å². The standard InChI is InChI=1S/C16H25BrN2S/c1-4-5-6-9-16(2,3)11-19-12-7-8-13(15(18)20)14(17)10-12/h7-8,10,19H,4-6,9,11H2,1-3H3,(H2,18,20). The summed E-state index contributed by atoms with van der Waals surface area (Å²) in [5, 5.41) is 3.50. The smallest absolute Gasteiger partial charge is 0.105 e. The van der Waals surface area contributed by atoms with Crippen LogP contribution in [0.3, 0.4) is 0 Å². The lowest BCUT2D eigenvalue weighted by Crippen LogP contribution is -2.23. The molecule has 4 heteroatoms. The summed E-state index contributed by atoms with van der Waals surface area (Å²) in [7, 11) is 0. The fourth-order valence-electron chi connectivity index (χ4n) is 2.11. The molecule has 0 aliphatic carbocycles. The van der Waals surface area contributed by atoms with Crippen LogP contribution in [0.15, 0.2) is 22.7 Å². The highest BCUT2D eigenvalue weighted by Gasteiger charge is 2.17. The van der Waals surface area contributed by atoms with Crippen molar-refractivity contribution in [3.63, 3.8) is 0 Å². The minimum Gasteiger partial charge on any atom is -0.389 e. The maximum atomic E-state index is 5.66. The van der Waals surface area contributed by atoms with E-state index in [1.807, 2.05) is 18.2 Å². The van der Waals surface area contributed by atoms with E-state index in [2.05, 4.69) is 42.0 Å². The second-order valence-electron chi connectivity index (χ2n) is 6.03. The van der Waals surface area contributed by atoms with Crippen LogP contribution in [0.4, 0.5) is 5.69 Å². The van der Waals surface area contributed by atoms with Crippen molar-refractivity contribution in [3.05, 3.63) is 28.2 Å². The molecular weight excluding hydrogens is 332 g/mol. The van der Waals surface area contributed by atoms with Crippen LogP contribution in [0.1, 0.15) is 52.0 Å². The van der Waals surface area contributed by atoms with E-state index in [0.717, 1.165) is 22.3 Å². The Bertz CT molecular complexity index is 458. The molecule has 1 aromatic rings. The van der Waals surface area contributed by atoms with Crippen molar-refractivity contribution in [2.24, 2.45) is 11.1 Å². The van der Waals surface area contributed by atoms with Gasteiger partial charge in [-0.1, -0.05) is 52.3 Å². The molecule has 0 spiro atoms. The maximum Gasteiger partial charge on any atom is 0.105 e. The van der Waals surface area contributed by atoms with Crippen molar-refractivity contribution in [2.45, 2.75) is 46.5 Å². The molecule has 1 rings (SSSR count). The highest BCUT2D eigenvalue weighted by atomic mass is 79.9. The lowest BCUT2D eigenvalue weighted by atomic mass is 9.87. The molecule has 0 amide bonds. The third-order valence-corrected chi connectivity index (χ3v) is 4.34. The first-order chi connectivity index (χ1) is 9.35. The summed E-state index contributed by atoms with van der Waals surface area (Å²) in [5.74, 6) is 0. The zero-order valence-electron chi connectivity index (χ0n) is 12.6. The largest absolute Gasteiger partial charge is 0.389 e. The Labute approximate surface area is 136 Å². The molecule has 0 aliphatic rings. The summed E-state index contributed by atoms with van der Waals surface area (Å²) >= 11 is 8.52. The zero-order valence-corrected chi connectivity index (χ0v) is 15.0. The van der Waals surface area contributed by atoms with E-state index < -0.39 is 0 Å². The summed E-state index contributed by atoms with van der Waals surface area (Å²) in [4.78, 5) is 0.420. The molecule has 3 N–H and O–H groups in total. The second-order valence-corrected chi connectivity index (χ2v) is 7.33.